The van der Waals surface area contributed by atoms with E-state index >= 15 is 0 Å². The van der Waals surface area contributed by atoms with Gasteiger partial charge in [0.25, 0.3) is 0 Å². The van der Waals surface area contributed by atoms with Crippen LogP contribution in [0.3, 0.4) is 0 Å². The number of hydrogen-bond donors (Lipinski definition) is 1. The van der Waals surface area contributed by atoms with Gasteiger partial charge in [0.2, 0.25) is 5.91 Å². The molecule has 144 valence electrons. The Balaban J connectivity index is 1.41. The molecule has 3 aromatic rings. The van der Waals surface area contributed by atoms with E-state index in [1.54, 1.807) is 36.0 Å². The van der Waals surface area contributed by atoms with Gasteiger partial charge in [-0.25, -0.2) is 15.4 Å². The van der Waals surface area contributed by atoms with Crippen LogP contribution in [0.4, 0.5) is 0 Å². The van der Waals surface area contributed by atoms with Crippen LogP contribution in [-0.2, 0) is 17.6 Å². The van der Waals surface area contributed by atoms with E-state index in [1.165, 1.54) is 28.6 Å². The molecule has 1 aromatic carbocycles. The normalized spacial score (nSPS) is 16.4. The first-order valence-corrected chi connectivity index (χ1v) is 11.2. The van der Waals surface area contributed by atoms with Gasteiger partial charge >= 0.3 is 0 Å². The number of halogens is 1. The van der Waals surface area contributed by atoms with Gasteiger partial charge in [0.15, 0.2) is 0 Å². The summed E-state index contributed by atoms with van der Waals surface area (Å²) in [5.74, 6) is 0.805. The molecule has 0 radical (unpaired) electrons. The summed E-state index contributed by atoms with van der Waals surface area (Å²) < 4.78 is 0. The molecule has 0 fully saturated rings. The maximum absolute atomic E-state index is 12.2. The highest BCUT2D eigenvalue weighted by Gasteiger charge is 2.23. The van der Waals surface area contributed by atoms with Gasteiger partial charge in [0.05, 0.1) is 12.0 Å². The Kier molecular flexibility index (Phi) is 5.94. The van der Waals surface area contributed by atoms with Crippen LogP contribution in [0.5, 0.6) is 0 Å². The molecule has 1 N–H and O–H groups in total. The van der Waals surface area contributed by atoms with E-state index in [4.69, 9.17) is 11.6 Å². The number of carbonyl (C=O) groups excluding carboxylic acids is 1. The predicted molar refractivity (Wildman–Crippen MR) is 117 cm³/mol. The Morgan fingerprint density at radius 3 is 3.04 bits per heavy atom. The standard InChI is InChI=1S/C20H19ClN4OS2/c1-12-2-7-15-16(8-12)28-20-18(15)19(22-11-23-20)27-10-17(26)25-24-9-13-3-5-14(21)6-4-13/h3-6,9,11-12H,2,7-8,10H2,1H3,(H,25,26). The number of thioether (sulfide) groups is 1. The van der Waals surface area contributed by atoms with Crippen molar-refractivity contribution in [3.05, 3.63) is 51.6 Å². The molecule has 1 unspecified atom stereocenters. The molecular formula is C20H19ClN4OS2. The highest BCUT2D eigenvalue weighted by Crippen LogP contribution is 2.40. The summed E-state index contributed by atoms with van der Waals surface area (Å²) >= 11 is 9.06. The number of amides is 1. The van der Waals surface area contributed by atoms with Crippen molar-refractivity contribution in [3.8, 4) is 0 Å². The van der Waals surface area contributed by atoms with E-state index in [0.717, 1.165) is 33.6 Å². The molecule has 0 saturated carbocycles. The van der Waals surface area contributed by atoms with Crippen LogP contribution in [0.2, 0.25) is 5.02 Å². The molecule has 0 saturated heterocycles. The molecule has 8 heteroatoms. The van der Waals surface area contributed by atoms with Crippen molar-refractivity contribution in [1.29, 1.82) is 0 Å². The summed E-state index contributed by atoms with van der Waals surface area (Å²) in [4.78, 5) is 23.5. The maximum atomic E-state index is 12.2. The first kappa shape index (κ1) is 19.4. The lowest BCUT2D eigenvalue weighted by atomic mass is 9.89. The largest absolute Gasteiger partial charge is 0.272 e. The molecule has 28 heavy (non-hydrogen) atoms. The van der Waals surface area contributed by atoms with E-state index in [2.05, 4.69) is 27.4 Å². The van der Waals surface area contributed by atoms with Crippen LogP contribution in [0.1, 0.15) is 29.3 Å². The molecule has 1 amide bonds. The molecule has 1 atom stereocenters. The fraction of sp³-hybridized carbons (Fsp3) is 0.300. The van der Waals surface area contributed by atoms with Gasteiger partial charge in [-0.2, -0.15) is 5.10 Å². The van der Waals surface area contributed by atoms with Gasteiger partial charge in [-0.15, -0.1) is 11.3 Å². The van der Waals surface area contributed by atoms with Crippen LogP contribution in [0.25, 0.3) is 10.2 Å². The van der Waals surface area contributed by atoms with Gasteiger partial charge < -0.3 is 0 Å². The van der Waals surface area contributed by atoms with Gasteiger partial charge in [-0.1, -0.05) is 42.4 Å². The third-order valence-corrected chi connectivity index (χ3v) is 7.07. The highest BCUT2D eigenvalue weighted by atomic mass is 35.5. The Morgan fingerprint density at radius 1 is 1.39 bits per heavy atom. The number of aryl methyl sites for hydroxylation is 1. The molecule has 0 spiro atoms. The minimum absolute atomic E-state index is 0.167. The monoisotopic (exact) mass is 430 g/mol. The van der Waals surface area contributed by atoms with E-state index in [1.807, 2.05) is 12.1 Å². The summed E-state index contributed by atoms with van der Waals surface area (Å²) in [6.45, 7) is 2.30. The second-order valence-electron chi connectivity index (χ2n) is 6.84. The number of nitrogens with zero attached hydrogens (tertiary/aromatic N) is 3. The van der Waals surface area contributed by atoms with Crippen LogP contribution in [0, 0.1) is 5.92 Å². The minimum atomic E-state index is -0.167. The second kappa shape index (κ2) is 8.59. The van der Waals surface area contributed by atoms with Crippen molar-refractivity contribution in [3.63, 3.8) is 0 Å². The third-order valence-electron chi connectivity index (χ3n) is 4.67. The first-order valence-electron chi connectivity index (χ1n) is 9.05. The van der Waals surface area contributed by atoms with Crippen molar-refractivity contribution >= 4 is 57.0 Å². The summed E-state index contributed by atoms with van der Waals surface area (Å²) in [5, 5.41) is 6.69. The van der Waals surface area contributed by atoms with Crippen molar-refractivity contribution in [2.75, 3.05) is 5.75 Å². The quantitative estimate of drug-likeness (QED) is 0.275. The van der Waals surface area contributed by atoms with Crippen molar-refractivity contribution < 1.29 is 4.79 Å². The van der Waals surface area contributed by atoms with E-state index in [-0.39, 0.29) is 11.7 Å². The SMILES string of the molecule is CC1CCc2c(sc3ncnc(SCC(=O)NN=Cc4ccc(Cl)cc4)c23)C1. The van der Waals surface area contributed by atoms with Crippen molar-refractivity contribution in [2.24, 2.45) is 11.0 Å². The Labute approximate surface area is 176 Å². The number of nitrogens with one attached hydrogen (secondary N) is 1. The third kappa shape index (κ3) is 4.37. The van der Waals surface area contributed by atoms with E-state index < -0.39 is 0 Å². The molecule has 2 aromatic heterocycles. The molecule has 1 aliphatic rings. The molecule has 5 nitrogen and oxygen atoms in total. The molecule has 4 rings (SSSR count). The number of rotatable bonds is 5. The fourth-order valence-electron chi connectivity index (χ4n) is 3.25. The number of carbonyl (C=O) groups is 1. The lowest BCUT2D eigenvalue weighted by molar-refractivity contribution is -0.118. The smallest absolute Gasteiger partial charge is 0.250 e. The zero-order chi connectivity index (χ0) is 19.5. The van der Waals surface area contributed by atoms with E-state index in [9.17, 15) is 4.79 Å². The van der Waals surface area contributed by atoms with Crippen LogP contribution in [-0.4, -0.2) is 27.8 Å². The predicted octanol–water partition coefficient (Wildman–Crippen LogP) is 4.71. The van der Waals surface area contributed by atoms with E-state index in [0.29, 0.717) is 10.9 Å². The summed E-state index contributed by atoms with van der Waals surface area (Å²) in [5.41, 5.74) is 4.81. The maximum Gasteiger partial charge on any atom is 0.250 e. The molecule has 0 bridgehead atoms. The average molecular weight is 431 g/mol. The number of fused-ring (bicyclic) bond motifs is 3. The number of aromatic nitrogens is 2. The number of hydrazone groups is 1. The first-order chi connectivity index (χ1) is 13.6. The average Bonchev–Trinajstić information content (AvgIpc) is 3.06. The van der Waals surface area contributed by atoms with Gasteiger partial charge in [-0.05, 0) is 48.4 Å². The lowest BCUT2D eigenvalue weighted by Crippen LogP contribution is -2.19. The van der Waals surface area contributed by atoms with Gasteiger partial charge in [-0.3, -0.25) is 4.79 Å². The second-order valence-corrected chi connectivity index (χ2v) is 9.33. The zero-order valence-corrected chi connectivity index (χ0v) is 17.7. The number of benzene rings is 1. The molecule has 1 aliphatic carbocycles. The molecule has 2 heterocycles. The van der Waals surface area contributed by atoms with Crippen molar-refractivity contribution in [2.45, 2.75) is 31.2 Å². The Bertz CT molecular complexity index is 1030. The molecule has 0 aliphatic heterocycles. The van der Waals surface area contributed by atoms with Crippen LogP contribution in [0.15, 0.2) is 40.7 Å². The highest BCUT2D eigenvalue weighted by molar-refractivity contribution is 8.00. The number of thiophene rings is 1. The van der Waals surface area contributed by atoms with Crippen molar-refractivity contribution in [1.82, 2.24) is 15.4 Å². The Hall–Kier alpha value is -1.96. The summed E-state index contributed by atoms with van der Waals surface area (Å²) in [7, 11) is 0. The Morgan fingerprint density at radius 2 is 2.21 bits per heavy atom. The van der Waals surface area contributed by atoms with Gasteiger partial charge in [0.1, 0.15) is 16.2 Å². The topological polar surface area (TPSA) is 67.2 Å². The van der Waals surface area contributed by atoms with Crippen LogP contribution >= 0.6 is 34.7 Å². The van der Waals surface area contributed by atoms with Crippen LogP contribution < -0.4 is 5.43 Å². The van der Waals surface area contributed by atoms with Gasteiger partial charge in [0, 0.05) is 15.3 Å². The summed E-state index contributed by atoms with van der Waals surface area (Å²) in [6, 6.07) is 7.24. The lowest BCUT2D eigenvalue weighted by Gasteiger charge is -2.18. The minimum Gasteiger partial charge on any atom is -0.272 e. The summed E-state index contributed by atoms with van der Waals surface area (Å²) in [6.07, 6.45) is 6.55. The zero-order valence-electron chi connectivity index (χ0n) is 15.3. The fourth-order valence-corrected chi connectivity index (χ4v) is 5.61. The number of hydrogen-bond acceptors (Lipinski definition) is 6. The molecular weight excluding hydrogens is 412 g/mol.